The molecule has 0 aliphatic heterocycles. The first kappa shape index (κ1) is 13.0. The van der Waals surface area contributed by atoms with Crippen LogP contribution in [0.1, 0.15) is 18.6 Å². The largest absolute Gasteiger partial charge is 0.389 e. The van der Waals surface area contributed by atoms with Gasteiger partial charge in [0.1, 0.15) is 5.03 Å². The maximum Gasteiger partial charge on any atom is 0.159 e. The average Bonchev–Trinajstić information content (AvgIpc) is 2.34. The fourth-order valence-corrected chi connectivity index (χ4v) is 2.14. The second kappa shape index (κ2) is 5.46. The Balaban J connectivity index is 2.15. The summed E-state index contributed by atoms with van der Waals surface area (Å²) in [6.07, 6.45) is 0.993. The molecule has 0 saturated heterocycles. The summed E-state index contributed by atoms with van der Waals surface area (Å²) >= 11 is 1.23. The van der Waals surface area contributed by atoms with Crippen LogP contribution in [0.3, 0.4) is 0 Å². The van der Waals surface area contributed by atoms with E-state index in [9.17, 15) is 13.9 Å². The molecule has 1 aromatic heterocycles. The van der Waals surface area contributed by atoms with Gasteiger partial charge in [0.05, 0.1) is 6.10 Å². The monoisotopic (exact) mass is 267 g/mol. The molecule has 94 valence electrons. The number of halogens is 2. The zero-order chi connectivity index (χ0) is 13.1. The van der Waals surface area contributed by atoms with Gasteiger partial charge in [-0.15, -0.1) is 0 Å². The number of nitrogens with zero attached hydrogens (tertiary/aromatic N) is 1. The van der Waals surface area contributed by atoms with Gasteiger partial charge in [0, 0.05) is 11.1 Å². The van der Waals surface area contributed by atoms with Gasteiger partial charge in [-0.3, -0.25) is 0 Å². The summed E-state index contributed by atoms with van der Waals surface area (Å²) in [7, 11) is 0. The van der Waals surface area contributed by atoms with E-state index in [1.54, 1.807) is 25.3 Å². The van der Waals surface area contributed by atoms with Crippen LogP contribution in [0.4, 0.5) is 8.78 Å². The van der Waals surface area contributed by atoms with E-state index in [0.717, 1.165) is 12.1 Å². The van der Waals surface area contributed by atoms with E-state index in [0.29, 0.717) is 15.5 Å². The van der Waals surface area contributed by atoms with Crippen LogP contribution in [0, 0.1) is 11.6 Å². The van der Waals surface area contributed by atoms with Crippen LogP contribution in [0.2, 0.25) is 0 Å². The zero-order valence-electron chi connectivity index (χ0n) is 9.60. The van der Waals surface area contributed by atoms with Gasteiger partial charge in [0.2, 0.25) is 0 Å². The zero-order valence-corrected chi connectivity index (χ0v) is 10.4. The molecular formula is C13H11F2NOS. The van der Waals surface area contributed by atoms with Crippen molar-refractivity contribution in [2.24, 2.45) is 0 Å². The predicted octanol–water partition coefficient (Wildman–Crippen LogP) is 3.56. The van der Waals surface area contributed by atoms with Crippen LogP contribution in [0.15, 0.2) is 46.5 Å². The van der Waals surface area contributed by atoms with E-state index in [1.807, 2.05) is 0 Å². The first-order chi connectivity index (χ1) is 8.56. The summed E-state index contributed by atoms with van der Waals surface area (Å²) in [6, 6.07) is 7.19. The first-order valence-electron chi connectivity index (χ1n) is 5.33. The predicted molar refractivity (Wildman–Crippen MR) is 65.4 cm³/mol. The topological polar surface area (TPSA) is 33.1 Å². The van der Waals surface area contributed by atoms with Crippen LogP contribution in [-0.2, 0) is 0 Å². The number of benzene rings is 1. The minimum absolute atomic E-state index is 0.570. The molecular weight excluding hydrogens is 256 g/mol. The third-order valence-electron chi connectivity index (χ3n) is 2.36. The molecule has 1 atom stereocenters. The molecule has 0 bridgehead atoms. The van der Waals surface area contributed by atoms with Crippen LogP contribution in [0.25, 0.3) is 0 Å². The molecule has 2 nitrogen and oxygen atoms in total. The van der Waals surface area contributed by atoms with E-state index >= 15 is 0 Å². The summed E-state index contributed by atoms with van der Waals surface area (Å²) in [4.78, 5) is 4.71. The van der Waals surface area contributed by atoms with Crippen molar-refractivity contribution < 1.29 is 13.9 Å². The lowest BCUT2D eigenvalue weighted by atomic mass is 10.2. The van der Waals surface area contributed by atoms with Gasteiger partial charge in [-0.25, -0.2) is 13.8 Å². The number of aromatic nitrogens is 1. The SMILES string of the molecule is C[C@H](O)c1ccc(Sc2ccc(F)c(F)c2)nc1. The Morgan fingerprint density at radius 2 is 1.94 bits per heavy atom. The van der Waals surface area contributed by atoms with Crippen molar-refractivity contribution in [2.45, 2.75) is 22.9 Å². The number of aliphatic hydroxyl groups excluding tert-OH is 1. The third-order valence-corrected chi connectivity index (χ3v) is 3.30. The Morgan fingerprint density at radius 3 is 2.50 bits per heavy atom. The maximum atomic E-state index is 13.0. The number of rotatable bonds is 3. The maximum absolute atomic E-state index is 13.0. The van der Waals surface area contributed by atoms with E-state index in [1.165, 1.54) is 17.8 Å². The summed E-state index contributed by atoms with van der Waals surface area (Å²) in [6.45, 7) is 1.65. The molecule has 0 saturated carbocycles. The van der Waals surface area contributed by atoms with Crippen molar-refractivity contribution in [2.75, 3.05) is 0 Å². The molecule has 1 heterocycles. The number of aliphatic hydroxyl groups is 1. The minimum atomic E-state index is -0.874. The highest BCUT2D eigenvalue weighted by Crippen LogP contribution is 2.27. The second-order valence-corrected chi connectivity index (χ2v) is 4.88. The van der Waals surface area contributed by atoms with Crippen LogP contribution >= 0.6 is 11.8 Å². The fourth-order valence-electron chi connectivity index (χ4n) is 1.36. The van der Waals surface area contributed by atoms with E-state index in [4.69, 9.17) is 0 Å². The molecule has 1 aromatic carbocycles. The molecule has 2 rings (SSSR count). The van der Waals surface area contributed by atoms with Crippen molar-refractivity contribution in [1.82, 2.24) is 4.98 Å². The normalized spacial score (nSPS) is 12.4. The van der Waals surface area contributed by atoms with E-state index < -0.39 is 17.7 Å². The van der Waals surface area contributed by atoms with Crippen LogP contribution in [0.5, 0.6) is 0 Å². The highest BCUT2D eigenvalue weighted by atomic mass is 32.2. The summed E-state index contributed by atoms with van der Waals surface area (Å²) < 4.78 is 25.8. The molecule has 0 unspecified atom stereocenters. The van der Waals surface area contributed by atoms with Gasteiger partial charge in [-0.1, -0.05) is 17.8 Å². The van der Waals surface area contributed by atoms with Crippen molar-refractivity contribution in [3.05, 3.63) is 53.7 Å². The molecule has 0 radical (unpaired) electrons. The molecule has 0 fully saturated rings. The Kier molecular flexibility index (Phi) is 3.93. The van der Waals surface area contributed by atoms with Gasteiger partial charge < -0.3 is 5.11 Å². The van der Waals surface area contributed by atoms with Gasteiger partial charge in [0.25, 0.3) is 0 Å². The standard InChI is InChI=1S/C13H11F2NOS/c1-8(17)9-2-5-13(16-7-9)18-10-3-4-11(14)12(15)6-10/h2-8,17H,1H3/t8-/m0/s1. The Morgan fingerprint density at radius 1 is 1.17 bits per heavy atom. The van der Waals surface area contributed by atoms with Crippen LogP contribution < -0.4 is 0 Å². The average molecular weight is 267 g/mol. The smallest absolute Gasteiger partial charge is 0.159 e. The quantitative estimate of drug-likeness (QED) is 0.923. The molecule has 18 heavy (non-hydrogen) atoms. The summed E-state index contributed by atoms with van der Waals surface area (Å²) in [5.41, 5.74) is 0.713. The molecule has 0 amide bonds. The van der Waals surface area contributed by atoms with Gasteiger partial charge in [0.15, 0.2) is 11.6 Å². The molecule has 0 aliphatic carbocycles. The fraction of sp³-hybridized carbons (Fsp3) is 0.154. The number of hydrogen-bond donors (Lipinski definition) is 1. The summed E-state index contributed by atoms with van der Waals surface area (Å²) in [5.74, 6) is -1.74. The van der Waals surface area contributed by atoms with Crippen molar-refractivity contribution in [3.63, 3.8) is 0 Å². The van der Waals surface area contributed by atoms with Crippen molar-refractivity contribution in [3.8, 4) is 0 Å². The molecule has 0 spiro atoms. The van der Waals surface area contributed by atoms with E-state index in [2.05, 4.69) is 4.98 Å². The van der Waals surface area contributed by atoms with Gasteiger partial charge >= 0.3 is 0 Å². The highest BCUT2D eigenvalue weighted by Gasteiger charge is 2.06. The molecule has 0 aliphatic rings. The van der Waals surface area contributed by atoms with Crippen LogP contribution in [-0.4, -0.2) is 10.1 Å². The third kappa shape index (κ3) is 3.05. The Labute approximate surface area is 108 Å². The van der Waals surface area contributed by atoms with E-state index in [-0.39, 0.29) is 0 Å². The Bertz CT molecular complexity index is 543. The summed E-state index contributed by atoms with van der Waals surface area (Å²) in [5, 5.41) is 9.99. The molecule has 1 N–H and O–H groups in total. The lowest BCUT2D eigenvalue weighted by Gasteiger charge is -2.05. The number of pyridine rings is 1. The van der Waals surface area contributed by atoms with Gasteiger partial charge in [-0.05, 0) is 36.8 Å². The first-order valence-corrected chi connectivity index (χ1v) is 6.15. The molecule has 5 heteroatoms. The highest BCUT2D eigenvalue weighted by molar-refractivity contribution is 7.99. The lowest BCUT2D eigenvalue weighted by molar-refractivity contribution is 0.198. The number of hydrogen-bond acceptors (Lipinski definition) is 3. The minimum Gasteiger partial charge on any atom is -0.389 e. The van der Waals surface area contributed by atoms with Gasteiger partial charge in [-0.2, -0.15) is 0 Å². The van der Waals surface area contributed by atoms with Crippen molar-refractivity contribution >= 4 is 11.8 Å². The Hall–Kier alpha value is -1.46. The van der Waals surface area contributed by atoms with Crippen molar-refractivity contribution in [1.29, 1.82) is 0 Å². The molecule has 2 aromatic rings. The lowest BCUT2D eigenvalue weighted by Crippen LogP contribution is -1.92. The second-order valence-electron chi connectivity index (χ2n) is 3.78.